The summed E-state index contributed by atoms with van der Waals surface area (Å²) < 4.78 is 7.30. The fraction of sp³-hybridized carbons (Fsp3) is 0.400. The first-order chi connectivity index (χ1) is 13.5. The lowest BCUT2D eigenvalue weighted by Crippen LogP contribution is -2.34. The molecule has 0 aliphatic heterocycles. The molecule has 0 saturated carbocycles. The Bertz CT molecular complexity index is 939. The highest BCUT2D eigenvalue weighted by molar-refractivity contribution is 7.22. The van der Waals surface area contributed by atoms with E-state index in [2.05, 4.69) is 4.90 Å². The number of halogens is 1. The minimum Gasteiger partial charge on any atom is -0.494 e. The molecule has 0 aliphatic rings. The van der Waals surface area contributed by atoms with Crippen molar-refractivity contribution < 1.29 is 9.53 Å². The molecule has 0 aliphatic carbocycles. The van der Waals surface area contributed by atoms with Crippen molar-refractivity contribution in [3.63, 3.8) is 0 Å². The van der Waals surface area contributed by atoms with Crippen molar-refractivity contribution in [1.29, 1.82) is 0 Å². The van der Waals surface area contributed by atoms with Crippen LogP contribution in [-0.4, -0.2) is 49.6 Å². The van der Waals surface area contributed by atoms with E-state index >= 15 is 0 Å². The molecule has 0 radical (unpaired) electrons. The van der Waals surface area contributed by atoms with Crippen LogP contribution in [-0.2, 0) is 11.2 Å². The van der Waals surface area contributed by atoms with E-state index < -0.39 is 0 Å². The molecule has 1 amide bonds. The van der Waals surface area contributed by atoms with Gasteiger partial charge in [-0.25, -0.2) is 4.98 Å². The fourth-order valence-corrected chi connectivity index (χ4v) is 4.94. The van der Waals surface area contributed by atoms with Crippen LogP contribution in [0.15, 0.2) is 30.3 Å². The molecule has 3 aromatic rings. The van der Waals surface area contributed by atoms with Gasteiger partial charge in [-0.15, -0.1) is 11.3 Å². The number of carbonyl (C=O) groups excluding carboxylic acids is 1. The van der Waals surface area contributed by atoms with Crippen LogP contribution in [0.1, 0.15) is 18.2 Å². The molecule has 2 heterocycles. The first-order valence-electron chi connectivity index (χ1n) is 9.19. The Morgan fingerprint density at radius 1 is 1.18 bits per heavy atom. The lowest BCUT2D eigenvalue weighted by atomic mass is 10.3. The molecule has 0 atom stereocenters. The Kier molecular flexibility index (Phi) is 7.29. The minimum absolute atomic E-state index is 0.0429. The van der Waals surface area contributed by atoms with Crippen molar-refractivity contribution in [2.45, 2.75) is 19.8 Å². The van der Waals surface area contributed by atoms with E-state index in [4.69, 9.17) is 21.3 Å². The smallest absolute Gasteiger partial charge is 0.234 e. The highest BCUT2D eigenvalue weighted by atomic mass is 35.5. The maximum absolute atomic E-state index is 13.1. The monoisotopic (exact) mass is 437 g/mol. The van der Waals surface area contributed by atoms with Gasteiger partial charge in [0.1, 0.15) is 5.75 Å². The number of anilines is 1. The molecule has 150 valence electrons. The van der Waals surface area contributed by atoms with Gasteiger partial charge in [0.2, 0.25) is 5.91 Å². The maximum Gasteiger partial charge on any atom is 0.234 e. The van der Waals surface area contributed by atoms with Gasteiger partial charge in [0.25, 0.3) is 0 Å². The maximum atomic E-state index is 13.1. The van der Waals surface area contributed by atoms with Crippen LogP contribution in [0.2, 0.25) is 4.34 Å². The molecule has 0 unspecified atom stereocenters. The number of thiophene rings is 1. The van der Waals surface area contributed by atoms with Gasteiger partial charge < -0.3 is 9.64 Å². The average Bonchev–Trinajstić information content (AvgIpc) is 3.24. The van der Waals surface area contributed by atoms with Crippen LogP contribution in [0.5, 0.6) is 5.75 Å². The molecular formula is C20H24ClN3O2S2. The quantitative estimate of drug-likeness (QED) is 0.475. The number of carbonyl (C=O) groups is 1. The van der Waals surface area contributed by atoms with Crippen molar-refractivity contribution in [3.05, 3.63) is 39.5 Å². The highest BCUT2D eigenvalue weighted by Crippen LogP contribution is 2.32. The Morgan fingerprint density at radius 3 is 2.68 bits per heavy atom. The van der Waals surface area contributed by atoms with Crippen LogP contribution >= 0.6 is 34.3 Å². The van der Waals surface area contributed by atoms with Crippen molar-refractivity contribution in [2.75, 3.05) is 38.7 Å². The number of amides is 1. The number of aromatic nitrogens is 1. The first-order valence-corrected chi connectivity index (χ1v) is 11.2. The zero-order valence-electron chi connectivity index (χ0n) is 16.3. The molecule has 2 aromatic heterocycles. The van der Waals surface area contributed by atoms with Crippen LogP contribution in [0, 0.1) is 0 Å². The van der Waals surface area contributed by atoms with Crippen LogP contribution in [0.3, 0.4) is 0 Å². The third-order valence-electron chi connectivity index (χ3n) is 4.13. The van der Waals surface area contributed by atoms with Crippen LogP contribution < -0.4 is 9.64 Å². The normalized spacial score (nSPS) is 11.3. The number of thiazole rings is 1. The van der Waals surface area contributed by atoms with Gasteiger partial charge in [0.15, 0.2) is 5.13 Å². The summed E-state index contributed by atoms with van der Waals surface area (Å²) in [4.78, 5) is 22.7. The number of nitrogens with zero attached hydrogens (tertiary/aromatic N) is 3. The molecule has 28 heavy (non-hydrogen) atoms. The topological polar surface area (TPSA) is 45.7 Å². The lowest BCUT2D eigenvalue weighted by Gasteiger charge is -2.20. The number of hydrogen-bond donors (Lipinski definition) is 0. The van der Waals surface area contributed by atoms with Gasteiger partial charge in [0.05, 0.1) is 27.6 Å². The third-order valence-corrected chi connectivity index (χ3v) is 6.41. The minimum atomic E-state index is 0.0429. The predicted molar refractivity (Wildman–Crippen MR) is 119 cm³/mol. The third kappa shape index (κ3) is 5.44. The standard InChI is InChI=1S/C20H24ClN3O2S2/c1-4-26-14-6-8-16-17(12-14)28-20(22-16)24(11-5-10-23(2)3)19(25)13-15-7-9-18(21)27-15/h6-9,12H,4-5,10-11,13H2,1-3H3. The summed E-state index contributed by atoms with van der Waals surface area (Å²) in [6.07, 6.45) is 1.21. The molecule has 0 spiro atoms. The average molecular weight is 438 g/mol. The molecule has 1 aromatic carbocycles. The van der Waals surface area contributed by atoms with E-state index in [0.29, 0.717) is 23.9 Å². The summed E-state index contributed by atoms with van der Waals surface area (Å²) in [5, 5.41) is 0.732. The van der Waals surface area contributed by atoms with Crippen molar-refractivity contribution in [3.8, 4) is 5.75 Å². The summed E-state index contributed by atoms with van der Waals surface area (Å²) in [6.45, 7) is 4.13. The van der Waals surface area contributed by atoms with E-state index in [1.54, 1.807) is 0 Å². The summed E-state index contributed by atoms with van der Waals surface area (Å²) in [6, 6.07) is 9.60. The Balaban J connectivity index is 1.84. The number of fused-ring (bicyclic) bond motifs is 1. The van der Waals surface area contributed by atoms with Gasteiger partial charge in [-0.3, -0.25) is 9.69 Å². The molecule has 3 rings (SSSR count). The highest BCUT2D eigenvalue weighted by Gasteiger charge is 2.21. The zero-order valence-corrected chi connectivity index (χ0v) is 18.7. The van der Waals surface area contributed by atoms with Crippen molar-refractivity contribution in [1.82, 2.24) is 9.88 Å². The predicted octanol–water partition coefficient (Wildman–Crippen LogP) is 4.94. The van der Waals surface area contributed by atoms with Crippen LogP contribution in [0.4, 0.5) is 5.13 Å². The van der Waals surface area contributed by atoms with Gasteiger partial charge in [-0.2, -0.15) is 0 Å². The van der Waals surface area contributed by atoms with Gasteiger partial charge >= 0.3 is 0 Å². The van der Waals surface area contributed by atoms with Crippen LogP contribution in [0.25, 0.3) is 10.2 Å². The second-order valence-electron chi connectivity index (χ2n) is 6.64. The number of hydrogen-bond acceptors (Lipinski definition) is 6. The fourth-order valence-electron chi connectivity index (χ4n) is 2.83. The second-order valence-corrected chi connectivity index (χ2v) is 9.45. The first kappa shape index (κ1) is 21.0. The SMILES string of the molecule is CCOc1ccc2nc(N(CCCN(C)C)C(=O)Cc3ccc(Cl)s3)sc2c1. The van der Waals surface area contributed by atoms with E-state index in [0.717, 1.165) is 38.9 Å². The van der Waals surface area contributed by atoms with Gasteiger partial charge in [0, 0.05) is 11.4 Å². The van der Waals surface area contributed by atoms with E-state index in [9.17, 15) is 4.79 Å². The van der Waals surface area contributed by atoms with Crippen molar-refractivity contribution >= 4 is 55.5 Å². The lowest BCUT2D eigenvalue weighted by molar-refractivity contribution is -0.118. The van der Waals surface area contributed by atoms with E-state index in [1.165, 1.54) is 22.7 Å². The van der Waals surface area contributed by atoms with Gasteiger partial charge in [-0.05, 0) is 64.3 Å². The summed E-state index contributed by atoms with van der Waals surface area (Å²) >= 11 is 8.99. The number of rotatable bonds is 9. The molecular weight excluding hydrogens is 414 g/mol. The largest absolute Gasteiger partial charge is 0.494 e. The number of ether oxygens (including phenoxy) is 1. The number of benzene rings is 1. The molecule has 0 N–H and O–H groups in total. The Labute approximate surface area is 178 Å². The Morgan fingerprint density at radius 2 is 2.00 bits per heavy atom. The van der Waals surface area contributed by atoms with Gasteiger partial charge in [-0.1, -0.05) is 22.9 Å². The molecule has 8 heteroatoms. The second kappa shape index (κ2) is 9.69. The summed E-state index contributed by atoms with van der Waals surface area (Å²) in [5.74, 6) is 0.866. The molecule has 0 bridgehead atoms. The summed E-state index contributed by atoms with van der Waals surface area (Å²) in [5.41, 5.74) is 0.882. The molecule has 0 fully saturated rings. The zero-order chi connectivity index (χ0) is 20.1. The Hall–Kier alpha value is -1.67. The summed E-state index contributed by atoms with van der Waals surface area (Å²) in [7, 11) is 4.07. The van der Waals surface area contributed by atoms with E-state index in [-0.39, 0.29) is 5.91 Å². The molecule has 5 nitrogen and oxygen atoms in total. The van der Waals surface area contributed by atoms with E-state index in [1.807, 2.05) is 56.3 Å². The van der Waals surface area contributed by atoms with Crippen molar-refractivity contribution in [2.24, 2.45) is 0 Å². The molecule has 0 saturated heterocycles.